The molecule has 3 aromatic heterocycles. The van der Waals surface area contributed by atoms with Crippen molar-refractivity contribution in [1.29, 1.82) is 0 Å². The molecule has 0 bridgehead atoms. The molecule has 0 saturated carbocycles. The van der Waals surface area contributed by atoms with E-state index in [1.165, 1.54) is 21.7 Å². The molecule has 1 fully saturated rings. The van der Waals surface area contributed by atoms with Crippen LogP contribution in [-0.4, -0.2) is 46.4 Å². The second kappa shape index (κ2) is 7.11. The van der Waals surface area contributed by atoms with Crippen LogP contribution in [0.3, 0.4) is 0 Å². The first kappa shape index (κ1) is 18.2. The lowest BCUT2D eigenvalue weighted by Crippen LogP contribution is -2.42. The van der Waals surface area contributed by atoms with Gasteiger partial charge < -0.3 is 4.42 Å². The van der Waals surface area contributed by atoms with Crippen molar-refractivity contribution >= 4 is 44.6 Å². The Labute approximate surface area is 163 Å². The first-order valence-electron chi connectivity index (χ1n) is 8.07. The van der Waals surface area contributed by atoms with Gasteiger partial charge in [0.25, 0.3) is 15.9 Å². The van der Waals surface area contributed by atoms with Crippen molar-refractivity contribution in [2.75, 3.05) is 11.9 Å². The molecule has 9 nitrogen and oxygen atoms in total. The predicted molar refractivity (Wildman–Crippen MR) is 100 cm³/mol. The Hall–Kier alpha value is -2.15. The summed E-state index contributed by atoms with van der Waals surface area (Å²) in [6.07, 6.45) is 1.04. The zero-order valence-corrected chi connectivity index (χ0v) is 16.6. The Morgan fingerprint density at radius 3 is 2.93 bits per heavy atom. The highest BCUT2D eigenvalue weighted by Gasteiger charge is 2.40. The van der Waals surface area contributed by atoms with Gasteiger partial charge in [-0.3, -0.25) is 10.1 Å². The average Bonchev–Trinajstić information content (AvgIpc) is 3.41. The van der Waals surface area contributed by atoms with Gasteiger partial charge >= 0.3 is 6.01 Å². The molecule has 12 heteroatoms. The van der Waals surface area contributed by atoms with E-state index in [9.17, 15) is 13.2 Å². The van der Waals surface area contributed by atoms with Crippen LogP contribution in [-0.2, 0) is 14.8 Å². The average molecular weight is 426 g/mol. The third-order valence-electron chi connectivity index (χ3n) is 4.06. The summed E-state index contributed by atoms with van der Waals surface area (Å²) in [6.45, 7) is 2.15. The van der Waals surface area contributed by atoms with E-state index in [-0.39, 0.29) is 16.1 Å². The fraction of sp³-hybridized carbons (Fsp3) is 0.333. The smallest absolute Gasteiger partial charge is 0.322 e. The van der Waals surface area contributed by atoms with Crippen molar-refractivity contribution in [2.45, 2.75) is 30.0 Å². The van der Waals surface area contributed by atoms with Crippen LogP contribution in [0, 0.1) is 6.92 Å². The molecule has 4 rings (SSSR count). The number of thiazole rings is 1. The molecule has 1 N–H and O–H groups in total. The summed E-state index contributed by atoms with van der Waals surface area (Å²) in [5.41, 5.74) is 0.535. The van der Waals surface area contributed by atoms with Crippen molar-refractivity contribution in [2.24, 2.45) is 0 Å². The minimum Gasteiger partial charge on any atom is -0.401 e. The molecule has 0 aliphatic carbocycles. The van der Waals surface area contributed by atoms with Gasteiger partial charge in [0.1, 0.15) is 15.9 Å². The van der Waals surface area contributed by atoms with Crippen LogP contribution in [0.25, 0.3) is 11.6 Å². The molecule has 0 spiro atoms. The number of thiophene rings is 1. The number of rotatable bonds is 5. The molecule has 1 aliphatic heterocycles. The first-order valence-corrected chi connectivity index (χ1v) is 11.3. The molecule has 0 radical (unpaired) electrons. The van der Waals surface area contributed by atoms with E-state index >= 15 is 0 Å². The number of carbonyl (C=O) groups is 1. The summed E-state index contributed by atoms with van der Waals surface area (Å²) in [4.78, 5) is 16.9. The maximum atomic E-state index is 12.8. The van der Waals surface area contributed by atoms with Gasteiger partial charge in [0.05, 0.1) is 5.01 Å². The minimum atomic E-state index is -3.70. The van der Waals surface area contributed by atoms with Crippen molar-refractivity contribution in [3.05, 3.63) is 27.9 Å². The number of hydrogen-bond donors (Lipinski definition) is 1. The quantitative estimate of drug-likeness (QED) is 0.666. The second-order valence-corrected chi connectivity index (χ2v) is 9.99. The lowest BCUT2D eigenvalue weighted by Gasteiger charge is -2.21. The van der Waals surface area contributed by atoms with E-state index in [4.69, 9.17) is 4.42 Å². The maximum Gasteiger partial charge on any atom is 0.322 e. The van der Waals surface area contributed by atoms with Gasteiger partial charge in [-0.2, -0.15) is 4.31 Å². The number of aromatic nitrogens is 3. The number of amides is 1. The number of carbonyl (C=O) groups excluding carboxylic acids is 1. The molecular formula is C15H15N5O4S3. The van der Waals surface area contributed by atoms with Crippen LogP contribution in [0.1, 0.15) is 17.8 Å². The van der Waals surface area contributed by atoms with Crippen molar-refractivity contribution < 1.29 is 17.6 Å². The number of sulfonamides is 1. The van der Waals surface area contributed by atoms with Crippen molar-refractivity contribution in [3.63, 3.8) is 0 Å². The summed E-state index contributed by atoms with van der Waals surface area (Å²) >= 11 is 2.58. The van der Waals surface area contributed by atoms with E-state index in [1.807, 2.05) is 6.92 Å². The number of anilines is 1. The van der Waals surface area contributed by atoms with Crippen molar-refractivity contribution in [3.8, 4) is 11.6 Å². The molecule has 1 unspecified atom stereocenters. The molecule has 1 atom stereocenters. The number of nitrogens with one attached hydrogen (secondary N) is 1. The zero-order valence-electron chi connectivity index (χ0n) is 14.2. The predicted octanol–water partition coefficient (Wildman–Crippen LogP) is 2.35. The largest absolute Gasteiger partial charge is 0.401 e. The topological polar surface area (TPSA) is 118 Å². The molecule has 142 valence electrons. The van der Waals surface area contributed by atoms with Gasteiger partial charge in [-0.15, -0.1) is 27.8 Å². The fourth-order valence-corrected chi connectivity index (χ4v) is 6.21. The van der Waals surface area contributed by atoms with Gasteiger partial charge in [-0.25, -0.2) is 13.4 Å². The first-order chi connectivity index (χ1) is 12.9. The minimum absolute atomic E-state index is 0.0824. The molecule has 3 aromatic rings. The summed E-state index contributed by atoms with van der Waals surface area (Å²) in [5, 5.41) is 14.5. The summed E-state index contributed by atoms with van der Waals surface area (Å²) in [5.74, 6) is -0.290. The normalized spacial score (nSPS) is 18.0. The zero-order chi connectivity index (χ0) is 19.0. The number of hydrogen-bond acceptors (Lipinski definition) is 9. The van der Waals surface area contributed by atoms with Gasteiger partial charge in [-0.1, -0.05) is 11.2 Å². The number of nitrogens with zero attached hydrogens (tertiary/aromatic N) is 4. The highest BCUT2D eigenvalue weighted by Crippen LogP contribution is 2.29. The van der Waals surface area contributed by atoms with Crippen LogP contribution < -0.4 is 5.32 Å². The van der Waals surface area contributed by atoms with Gasteiger partial charge in [0.15, 0.2) is 0 Å². The van der Waals surface area contributed by atoms with Gasteiger partial charge in [-0.05, 0) is 31.2 Å². The molecule has 1 amide bonds. The second-order valence-electron chi connectivity index (χ2n) is 5.86. The Morgan fingerprint density at radius 1 is 1.37 bits per heavy atom. The third kappa shape index (κ3) is 3.52. The van der Waals surface area contributed by atoms with E-state index in [2.05, 4.69) is 20.5 Å². The number of aryl methyl sites for hydroxylation is 1. The van der Waals surface area contributed by atoms with Crippen molar-refractivity contribution in [1.82, 2.24) is 19.5 Å². The van der Waals surface area contributed by atoms with Crippen LogP contribution in [0.2, 0.25) is 0 Å². The Balaban J connectivity index is 1.50. The van der Waals surface area contributed by atoms with Gasteiger partial charge in [0.2, 0.25) is 5.91 Å². The third-order valence-corrected chi connectivity index (χ3v) is 8.11. The summed E-state index contributed by atoms with van der Waals surface area (Å²) in [6, 6.07) is 2.31. The maximum absolute atomic E-state index is 12.8. The molecule has 4 heterocycles. The van der Waals surface area contributed by atoms with Crippen LogP contribution >= 0.6 is 22.7 Å². The monoisotopic (exact) mass is 425 g/mol. The summed E-state index contributed by atoms with van der Waals surface area (Å²) in [7, 11) is -3.70. The molecule has 27 heavy (non-hydrogen) atoms. The standard InChI is InChI=1S/C15H15N5O4S3/c1-9-16-10(8-26-9)14-18-19-15(24-14)17-13(21)11-4-2-6-20(11)27(22,23)12-5-3-7-25-12/h3,5,7-8,11H,2,4,6H2,1H3,(H,17,19,21). The molecule has 1 aliphatic rings. The van der Waals surface area contributed by atoms with Crippen LogP contribution in [0.15, 0.2) is 31.5 Å². The van der Waals surface area contributed by atoms with Crippen LogP contribution in [0.5, 0.6) is 0 Å². The highest BCUT2D eigenvalue weighted by molar-refractivity contribution is 7.91. The Morgan fingerprint density at radius 2 is 2.22 bits per heavy atom. The molecular weight excluding hydrogens is 410 g/mol. The molecule has 0 aromatic carbocycles. The fourth-order valence-electron chi connectivity index (χ4n) is 2.84. The lowest BCUT2D eigenvalue weighted by molar-refractivity contribution is -0.119. The van der Waals surface area contributed by atoms with E-state index in [0.717, 1.165) is 16.3 Å². The molecule has 1 saturated heterocycles. The SMILES string of the molecule is Cc1nc(-c2nnc(NC(=O)C3CCCN3S(=O)(=O)c3cccs3)o2)cs1. The van der Waals surface area contributed by atoms with E-state index < -0.39 is 22.0 Å². The Bertz CT molecular complexity index is 1060. The highest BCUT2D eigenvalue weighted by atomic mass is 32.2. The van der Waals surface area contributed by atoms with E-state index in [0.29, 0.717) is 25.1 Å². The summed E-state index contributed by atoms with van der Waals surface area (Å²) < 4.78 is 32.4. The van der Waals surface area contributed by atoms with E-state index in [1.54, 1.807) is 16.8 Å². The lowest BCUT2D eigenvalue weighted by atomic mass is 10.2. The Kier molecular flexibility index (Phi) is 4.80. The van der Waals surface area contributed by atoms with Crippen LogP contribution in [0.4, 0.5) is 6.01 Å². The van der Waals surface area contributed by atoms with Gasteiger partial charge in [0, 0.05) is 11.9 Å².